The van der Waals surface area contributed by atoms with Gasteiger partial charge in [0.1, 0.15) is 31.0 Å². The van der Waals surface area contributed by atoms with Crippen LogP contribution >= 0.6 is 7.60 Å². The van der Waals surface area contributed by atoms with Crippen molar-refractivity contribution in [2.24, 2.45) is 0 Å². The van der Waals surface area contributed by atoms with Gasteiger partial charge >= 0.3 is 7.60 Å². The van der Waals surface area contributed by atoms with Gasteiger partial charge in [-0.25, -0.2) is 19.3 Å². The maximum absolute atomic E-state index is 13.3. The molecule has 2 rings (SSSR count). The number of nitrogen functional groups attached to an aromatic ring is 1. The maximum Gasteiger partial charge on any atom is 0.356 e. The van der Waals surface area contributed by atoms with Crippen LogP contribution < -0.4 is 5.73 Å². The maximum atomic E-state index is 13.3. The quantitative estimate of drug-likeness (QED) is 0.639. The van der Waals surface area contributed by atoms with Gasteiger partial charge in [0.05, 0.1) is 26.1 Å². The van der Waals surface area contributed by atoms with Crippen LogP contribution in [-0.2, 0) is 24.9 Å². The average molecular weight is 361 g/mol. The summed E-state index contributed by atoms with van der Waals surface area (Å²) < 4.78 is 42.9. The molecule has 0 amide bonds. The van der Waals surface area contributed by atoms with Gasteiger partial charge in [-0.05, 0) is 13.8 Å². The Kier molecular flexibility index (Phi) is 6.61. The van der Waals surface area contributed by atoms with E-state index in [4.69, 9.17) is 19.5 Å². The van der Waals surface area contributed by atoms with Gasteiger partial charge in [0.2, 0.25) is 0 Å². The van der Waals surface area contributed by atoms with Gasteiger partial charge in [-0.2, -0.15) is 0 Å². The molecule has 2 heterocycles. The van der Waals surface area contributed by atoms with Crippen LogP contribution in [0.25, 0.3) is 11.2 Å². The monoisotopic (exact) mass is 361 g/mol. The van der Waals surface area contributed by atoms with E-state index in [1.165, 1.54) is 12.7 Å². The number of fused-ring (bicyclic) bond motifs is 1. The summed E-state index contributed by atoms with van der Waals surface area (Å²) in [6.07, 6.45) is 1.60. The third kappa shape index (κ3) is 4.47. The topological polar surface area (TPSA) is 114 Å². The highest BCUT2D eigenvalue weighted by Gasteiger charge is 2.26. The lowest BCUT2D eigenvalue weighted by Gasteiger charge is -2.20. The van der Waals surface area contributed by atoms with Crippen LogP contribution in [0.15, 0.2) is 12.7 Å². The van der Waals surface area contributed by atoms with Crippen molar-refractivity contribution in [3.8, 4) is 0 Å². The fraction of sp³-hybridized carbons (Fsp3) is 0.615. The molecule has 24 heavy (non-hydrogen) atoms. The number of alkyl halides is 1. The van der Waals surface area contributed by atoms with Crippen LogP contribution in [0.4, 0.5) is 10.2 Å². The molecule has 0 spiro atoms. The summed E-state index contributed by atoms with van der Waals surface area (Å²) in [7, 11) is -3.39. The zero-order valence-electron chi connectivity index (χ0n) is 13.6. The molecule has 1 atom stereocenters. The van der Waals surface area contributed by atoms with Crippen molar-refractivity contribution < 1.29 is 22.7 Å². The lowest BCUT2D eigenvalue weighted by atomic mass is 10.4. The largest absolute Gasteiger partial charge is 0.382 e. The second-order valence-corrected chi connectivity index (χ2v) is 6.84. The van der Waals surface area contributed by atoms with Gasteiger partial charge in [-0.1, -0.05) is 0 Å². The van der Waals surface area contributed by atoms with Crippen LogP contribution in [0, 0.1) is 0 Å². The fourth-order valence-electron chi connectivity index (χ4n) is 2.10. The van der Waals surface area contributed by atoms with Crippen molar-refractivity contribution in [2.75, 3.05) is 32.0 Å². The fourth-order valence-corrected chi connectivity index (χ4v) is 3.50. The Morgan fingerprint density at radius 2 is 2.00 bits per heavy atom. The molecule has 2 aromatic heterocycles. The Morgan fingerprint density at radius 3 is 2.62 bits per heavy atom. The standard InChI is InChI=1S/C13H21FN5O4P/c1-3-22-24(20,23-4-2)9-21-10(5-14)6-19-8-18-11-12(15)16-7-17-13(11)19/h7-8,10H,3-6,9H2,1-2H3,(H2,15,16,17). The summed E-state index contributed by atoms with van der Waals surface area (Å²) in [5.41, 5.74) is 6.62. The van der Waals surface area contributed by atoms with E-state index in [1.54, 1.807) is 18.4 Å². The third-order valence-corrected chi connectivity index (χ3v) is 4.89. The van der Waals surface area contributed by atoms with Crippen molar-refractivity contribution in [3.05, 3.63) is 12.7 Å². The average Bonchev–Trinajstić information content (AvgIpc) is 2.96. The molecule has 11 heteroatoms. The van der Waals surface area contributed by atoms with E-state index in [0.717, 1.165) is 0 Å². The van der Waals surface area contributed by atoms with E-state index >= 15 is 0 Å². The summed E-state index contributed by atoms with van der Waals surface area (Å²) in [6.45, 7) is 3.16. The molecule has 0 aliphatic rings. The molecule has 0 fully saturated rings. The highest BCUT2D eigenvalue weighted by atomic mass is 31.2. The first-order valence-electron chi connectivity index (χ1n) is 7.50. The second kappa shape index (κ2) is 8.48. The normalized spacial score (nSPS) is 13.5. The van der Waals surface area contributed by atoms with Gasteiger partial charge in [-0.15, -0.1) is 0 Å². The van der Waals surface area contributed by atoms with Crippen molar-refractivity contribution in [1.82, 2.24) is 19.5 Å². The third-order valence-electron chi connectivity index (χ3n) is 3.12. The lowest BCUT2D eigenvalue weighted by Crippen LogP contribution is -2.23. The van der Waals surface area contributed by atoms with Gasteiger partial charge in [0.25, 0.3) is 0 Å². The molecule has 0 aliphatic carbocycles. The SMILES string of the molecule is CCOP(=O)(COC(CF)Cn1cnc2c(N)ncnc21)OCC. The minimum absolute atomic E-state index is 0.127. The summed E-state index contributed by atoms with van der Waals surface area (Å²) in [4.78, 5) is 12.0. The molecular weight excluding hydrogens is 340 g/mol. The van der Waals surface area contributed by atoms with Crippen LogP contribution in [0.2, 0.25) is 0 Å². The van der Waals surface area contributed by atoms with Crippen molar-refractivity contribution >= 4 is 24.6 Å². The number of anilines is 1. The predicted octanol–water partition coefficient (Wildman–Crippen LogP) is 1.99. The van der Waals surface area contributed by atoms with Crippen molar-refractivity contribution in [1.29, 1.82) is 0 Å². The number of imidazole rings is 1. The van der Waals surface area contributed by atoms with Crippen molar-refractivity contribution in [3.63, 3.8) is 0 Å². The minimum atomic E-state index is -3.39. The van der Waals surface area contributed by atoms with Gasteiger partial charge < -0.3 is 24.1 Å². The molecule has 2 N–H and O–H groups in total. The first kappa shape index (κ1) is 18.7. The Balaban J connectivity index is 2.06. The minimum Gasteiger partial charge on any atom is -0.382 e. The van der Waals surface area contributed by atoms with E-state index in [2.05, 4.69) is 15.0 Å². The molecule has 0 radical (unpaired) electrons. The number of aromatic nitrogens is 4. The molecule has 0 aromatic carbocycles. The van der Waals surface area contributed by atoms with E-state index in [9.17, 15) is 8.96 Å². The summed E-state index contributed by atoms with van der Waals surface area (Å²) >= 11 is 0. The molecule has 9 nitrogen and oxygen atoms in total. The molecule has 0 bridgehead atoms. The first-order chi connectivity index (χ1) is 11.5. The van der Waals surface area contributed by atoms with Crippen LogP contribution in [0.1, 0.15) is 13.8 Å². The Morgan fingerprint density at radius 1 is 1.29 bits per heavy atom. The number of halogens is 1. The Hall–Kier alpha value is -1.61. The number of nitrogens with zero attached hydrogens (tertiary/aromatic N) is 4. The number of hydrogen-bond acceptors (Lipinski definition) is 8. The molecule has 2 aromatic rings. The van der Waals surface area contributed by atoms with Gasteiger partial charge in [0.15, 0.2) is 11.5 Å². The zero-order valence-corrected chi connectivity index (χ0v) is 14.5. The zero-order chi connectivity index (χ0) is 17.6. The second-order valence-electron chi connectivity index (χ2n) is 4.85. The van der Waals surface area contributed by atoms with E-state index in [0.29, 0.717) is 11.2 Å². The molecule has 0 saturated heterocycles. The molecule has 1 unspecified atom stereocenters. The van der Waals surface area contributed by atoms with Crippen molar-refractivity contribution in [2.45, 2.75) is 26.5 Å². The van der Waals surface area contributed by atoms with E-state index in [1.807, 2.05) is 0 Å². The summed E-state index contributed by atoms with van der Waals surface area (Å²) in [6, 6.07) is 0. The molecule has 0 saturated carbocycles. The van der Waals surface area contributed by atoms with Gasteiger partial charge in [0, 0.05) is 0 Å². The number of hydrogen-bond donors (Lipinski definition) is 1. The highest BCUT2D eigenvalue weighted by molar-refractivity contribution is 7.53. The lowest BCUT2D eigenvalue weighted by molar-refractivity contribution is 0.0385. The first-order valence-corrected chi connectivity index (χ1v) is 9.22. The number of nitrogens with two attached hydrogens (primary N) is 1. The summed E-state index contributed by atoms with van der Waals surface area (Å²) in [5, 5.41) is 0. The van der Waals surface area contributed by atoms with E-state index < -0.39 is 20.4 Å². The van der Waals surface area contributed by atoms with E-state index in [-0.39, 0.29) is 31.9 Å². The molecular formula is C13H21FN5O4P. The number of ether oxygens (including phenoxy) is 1. The Bertz CT molecular complexity index is 703. The molecule has 0 aliphatic heterocycles. The smallest absolute Gasteiger partial charge is 0.356 e. The van der Waals surface area contributed by atoms with Crippen LogP contribution in [0.5, 0.6) is 0 Å². The molecule has 134 valence electrons. The summed E-state index contributed by atoms with van der Waals surface area (Å²) in [5.74, 6) is 0.244. The highest BCUT2D eigenvalue weighted by Crippen LogP contribution is 2.48. The predicted molar refractivity (Wildman–Crippen MR) is 86.3 cm³/mol. The Labute approximate surface area is 138 Å². The number of rotatable bonds is 10. The van der Waals surface area contributed by atoms with Crippen LogP contribution in [0.3, 0.4) is 0 Å². The van der Waals surface area contributed by atoms with Crippen LogP contribution in [-0.4, -0.2) is 51.9 Å². The van der Waals surface area contributed by atoms with Gasteiger partial charge in [-0.3, -0.25) is 4.57 Å².